The minimum absolute atomic E-state index is 0.495. The minimum atomic E-state index is -0.554. The lowest BCUT2D eigenvalue weighted by atomic mass is 10.1. The standard InChI is InChI=1S/C22H22BrN3O2/c1-5-26-19-12-15(23)8-11-17(19)18(13-24)20(26)14-6-9-16(10-7-14)25-21(27)28-22(2,3)4/h6-12H,5H2,1-4H3,(H,25,27). The Hall–Kier alpha value is -2.78. The van der Waals surface area contributed by atoms with Crippen LogP contribution >= 0.6 is 15.9 Å². The predicted molar refractivity (Wildman–Crippen MR) is 115 cm³/mol. The van der Waals surface area contributed by atoms with E-state index in [2.05, 4.69) is 38.8 Å². The van der Waals surface area contributed by atoms with Crippen LogP contribution in [0.1, 0.15) is 33.3 Å². The molecule has 1 N–H and O–H groups in total. The first-order chi connectivity index (χ1) is 13.2. The number of nitrogens with zero attached hydrogens (tertiary/aromatic N) is 2. The van der Waals surface area contributed by atoms with Gasteiger partial charge in [0.05, 0.1) is 16.8 Å². The number of halogens is 1. The van der Waals surface area contributed by atoms with E-state index in [1.54, 1.807) is 0 Å². The molecule has 1 heterocycles. The molecule has 144 valence electrons. The summed E-state index contributed by atoms with van der Waals surface area (Å²) in [6.07, 6.45) is -0.495. The van der Waals surface area contributed by atoms with Gasteiger partial charge in [-0.2, -0.15) is 5.26 Å². The fraction of sp³-hybridized carbons (Fsp3) is 0.273. The van der Waals surface area contributed by atoms with Crippen LogP contribution in [0.5, 0.6) is 0 Å². The molecular formula is C22H22BrN3O2. The van der Waals surface area contributed by atoms with Gasteiger partial charge in [-0.05, 0) is 57.5 Å². The Morgan fingerprint density at radius 2 is 1.89 bits per heavy atom. The molecule has 5 nitrogen and oxygen atoms in total. The first-order valence-electron chi connectivity index (χ1n) is 9.05. The van der Waals surface area contributed by atoms with Crippen LogP contribution in [0.15, 0.2) is 46.9 Å². The van der Waals surface area contributed by atoms with Gasteiger partial charge in [0.1, 0.15) is 11.7 Å². The molecule has 3 rings (SSSR count). The van der Waals surface area contributed by atoms with Crippen molar-refractivity contribution in [2.45, 2.75) is 39.8 Å². The number of ether oxygens (including phenoxy) is 1. The van der Waals surface area contributed by atoms with Crippen LogP contribution in [0.3, 0.4) is 0 Å². The zero-order valence-electron chi connectivity index (χ0n) is 16.3. The van der Waals surface area contributed by atoms with Gasteiger partial charge in [0.15, 0.2) is 0 Å². The van der Waals surface area contributed by atoms with Crippen molar-refractivity contribution in [2.75, 3.05) is 5.32 Å². The maximum Gasteiger partial charge on any atom is 0.412 e. The second kappa shape index (κ2) is 7.69. The normalized spacial score (nSPS) is 11.3. The molecule has 0 saturated carbocycles. The molecule has 1 amide bonds. The summed E-state index contributed by atoms with van der Waals surface area (Å²) in [5, 5.41) is 13.4. The average molecular weight is 440 g/mol. The van der Waals surface area contributed by atoms with Crippen LogP contribution in [0.4, 0.5) is 10.5 Å². The van der Waals surface area contributed by atoms with Crippen molar-refractivity contribution in [2.24, 2.45) is 0 Å². The average Bonchev–Trinajstić information content (AvgIpc) is 2.93. The Morgan fingerprint density at radius 1 is 1.21 bits per heavy atom. The summed E-state index contributed by atoms with van der Waals surface area (Å²) in [6.45, 7) is 8.26. The summed E-state index contributed by atoms with van der Waals surface area (Å²) < 4.78 is 8.39. The van der Waals surface area contributed by atoms with Crippen LogP contribution in [-0.4, -0.2) is 16.3 Å². The molecule has 0 aliphatic carbocycles. The van der Waals surface area contributed by atoms with Gasteiger partial charge in [-0.25, -0.2) is 4.79 Å². The van der Waals surface area contributed by atoms with Crippen LogP contribution in [0, 0.1) is 11.3 Å². The number of fused-ring (bicyclic) bond motifs is 1. The Kier molecular flexibility index (Phi) is 5.48. The van der Waals surface area contributed by atoms with Gasteiger partial charge < -0.3 is 9.30 Å². The van der Waals surface area contributed by atoms with Crippen molar-refractivity contribution < 1.29 is 9.53 Å². The lowest BCUT2D eigenvalue weighted by molar-refractivity contribution is 0.0636. The van der Waals surface area contributed by atoms with E-state index in [0.717, 1.165) is 33.2 Å². The number of aryl methyl sites for hydroxylation is 1. The third-order valence-corrected chi connectivity index (χ3v) is 4.75. The minimum Gasteiger partial charge on any atom is -0.444 e. The van der Waals surface area contributed by atoms with Gasteiger partial charge in [-0.1, -0.05) is 34.1 Å². The van der Waals surface area contributed by atoms with Crippen molar-refractivity contribution in [3.8, 4) is 17.3 Å². The zero-order chi connectivity index (χ0) is 20.5. The highest BCUT2D eigenvalue weighted by Crippen LogP contribution is 2.35. The summed E-state index contributed by atoms with van der Waals surface area (Å²) in [6, 6.07) is 15.7. The van der Waals surface area contributed by atoms with E-state index in [1.807, 2.05) is 63.2 Å². The van der Waals surface area contributed by atoms with Crippen LogP contribution in [0.25, 0.3) is 22.2 Å². The van der Waals surface area contributed by atoms with Crippen molar-refractivity contribution in [1.29, 1.82) is 5.26 Å². The van der Waals surface area contributed by atoms with Gasteiger partial charge in [-0.15, -0.1) is 0 Å². The molecule has 0 spiro atoms. The first kappa shape index (κ1) is 20.0. The van der Waals surface area contributed by atoms with Crippen molar-refractivity contribution >= 4 is 38.6 Å². The number of nitriles is 1. The van der Waals surface area contributed by atoms with E-state index in [9.17, 15) is 10.1 Å². The molecule has 0 unspecified atom stereocenters. The quantitative estimate of drug-likeness (QED) is 0.519. The molecule has 0 atom stereocenters. The summed E-state index contributed by atoms with van der Waals surface area (Å²) in [5.74, 6) is 0. The number of aromatic nitrogens is 1. The number of amides is 1. The number of benzene rings is 2. The van der Waals surface area contributed by atoms with Crippen LogP contribution in [0.2, 0.25) is 0 Å². The summed E-state index contributed by atoms with van der Waals surface area (Å²) >= 11 is 3.51. The number of hydrogen-bond acceptors (Lipinski definition) is 3. The van der Waals surface area contributed by atoms with E-state index in [4.69, 9.17) is 4.74 Å². The van der Waals surface area contributed by atoms with Crippen molar-refractivity contribution in [3.05, 3.63) is 52.5 Å². The zero-order valence-corrected chi connectivity index (χ0v) is 17.9. The highest BCUT2D eigenvalue weighted by atomic mass is 79.9. The lowest BCUT2D eigenvalue weighted by Crippen LogP contribution is -2.27. The maximum absolute atomic E-state index is 11.9. The van der Waals surface area contributed by atoms with Gasteiger partial charge in [0.2, 0.25) is 0 Å². The highest BCUT2D eigenvalue weighted by Gasteiger charge is 2.19. The third kappa shape index (κ3) is 4.05. The second-order valence-corrected chi connectivity index (χ2v) is 8.36. The fourth-order valence-electron chi connectivity index (χ4n) is 3.20. The molecule has 0 bridgehead atoms. The smallest absolute Gasteiger partial charge is 0.412 e. The van der Waals surface area contributed by atoms with Gasteiger partial charge in [0.25, 0.3) is 0 Å². The van der Waals surface area contributed by atoms with Gasteiger partial charge >= 0.3 is 6.09 Å². The molecule has 0 aliphatic heterocycles. The molecule has 28 heavy (non-hydrogen) atoms. The van der Waals surface area contributed by atoms with Crippen molar-refractivity contribution in [3.63, 3.8) is 0 Å². The molecule has 0 aliphatic rings. The number of carbonyl (C=O) groups excluding carboxylic acids is 1. The molecule has 0 radical (unpaired) electrons. The van der Waals surface area contributed by atoms with E-state index in [1.165, 1.54) is 0 Å². The van der Waals surface area contributed by atoms with Crippen LogP contribution in [-0.2, 0) is 11.3 Å². The lowest BCUT2D eigenvalue weighted by Gasteiger charge is -2.19. The SMILES string of the molecule is CCn1c(-c2ccc(NC(=O)OC(C)(C)C)cc2)c(C#N)c2ccc(Br)cc21. The van der Waals surface area contributed by atoms with E-state index >= 15 is 0 Å². The monoisotopic (exact) mass is 439 g/mol. The summed E-state index contributed by atoms with van der Waals surface area (Å²) in [5.41, 5.74) is 3.54. The second-order valence-electron chi connectivity index (χ2n) is 7.45. The largest absolute Gasteiger partial charge is 0.444 e. The van der Waals surface area contributed by atoms with Gasteiger partial charge in [0, 0.05) is 22.1 Å². The number of carbonyl (C=O) groups is 1. The number of hydrogen-bond donors (Lipinski definition) is 1. The third-order valence-electron chi connectivity index (χ3n) is 4.26. The molecular weight excluding hydrogens is 418 g/mol. The molecule has 0 fully saturated rings. The Bertz CT molecular complexity index is 1070. The van der Waals surface area contributed by atoms with E-state index in [-0.39, 0.29) is 0 Å². The molecule has 3 aromatic rings. The van der Waals surface area contributed by atoms with E-state index < -0.39 is 11.7 Å². The van der Waals surface area contributed by atoms with Gasteiger partial charge in [-0.3, -0.25) is 5.32 Å². The van der Waals surface area contributed by atoms with Crippen molar-refractivity contribution in [1.82, 2.24) is 4.57 Å². The molecule has 0 saturated heterocycles. The highest BCUT2D eigenvalue weighted by molar-refractivity contribution is 9.10. The number of nitrogens with one attached hydrogen (secondary N) is 1. The Labute approximate surface area is 173 Å². The van der Waals surface area contributed by atoms with E-state index in [0.29, 0.717) is 11.3 Å². The molecule has 2 aromatic carbocycles. The van der Waals surface area contributed by atoms with Crippen LogP contribution < -0.4 is 5.32 Å². The maximum atomic E-state index is 11.9. The fourth-order valence-corrected chi connectivity index (χ4v) is 3.55. The summed E-state index contributed by atoms with van der Waals surface area (Å²) in [7, 11) is 0. The number of rotatable bonds is 3. The number of anilines is 1. The Balaban J connectivity index is 1.99. The molecule has 6 heteroatoms. The predicted octanol–water partition coefficient (Wildman–Crippen LogP) is 6.31. The molecule has 1 aromatic heterocycles. The topological polar surface area (TPSA) is 67.1 Å². The summed E-state index contributed by atoms with van der Waals surface area (Å²) in [4.78, 5) is 11.9. The Morgan fingerprint density at radius 3 is 2.46 bits per heavy atom. The first-order valence-corrected chi connectivity index (χ1v) is 9.85.